The van der Waals surface area contributed by atoms with Gasteiger partial charge in [0.05, 0.1) is 12.0 Å². The number of imidazole rings is 1. The molecule has 0 aliphatic carbocycles. The third-order valence-corrected chi connectivity index (χ3v) is 1.60. The Kier molecular flexibility index (Phi) is 2.17. The number of rotatable bonds is 1. The molecule has 0 aliphatic rings. The zero-order valence-corrected chi connectivity index (χ0v) is 7.38. The van der Waals surface area contributed by atoms with Crippen LogP contribution in [0.3, 0.4) is 0 Å². The van der Waals surface area contributed by atoms with Crippen LogP contribution in [0.5, 0.6) is 0 Å². The SMILES string of the molecule is CC(C)(C)c1cn(C(F)F)cn1. The van der Waals surface area contributed by atoms with Gasteiger partial charge in [-0.05, 0) is 0 Å². The Morgan fingerprint density at radius 3 is 2.25 bits per heavy atom. The summed E-state index contributed by atoms with van der Waals surface area (Å²) in [6.45, 7) is 3.31. The van der Waals surface area contributed by atoms with E-state index in [1.54, 1.807) is 0 Å². The average molecular weight is 174 g/mol. The summed E-state index contributed by atoms with van der Waals surface area (Å²) in [5.41, 5.74) is 0.517. The number of hydrogen-bond donors (Lipinski definition) is 0. The molecule has 1 rings (SSSR count). The molecular weight excluding hydrogens is 162 g/mol. The van der Waals surface area contributed by atoms with E-state index in [2.05, 4.69) is 4.98 Å². The van der Waals surface area contributed by atoms with Crippen molar-refractivity contribution in [3.05, 3.63) is 18.2 Å². The summed E-state index contributed by atoms with van der Waals surface area (Å²) >= 11 is 0. The van der Waals surface area contributed by atoms with Crippen LogP contribution in [-0.4, -0.2) is 9.55 Å². The van der Waals surface area contributed by atoms with Crippen molar-refractivity contribution >= 4 is 0 Å². The molecule has 12 heavy (non-hydrogen) atoms. The predicted molar refractivity (Wildman–Crippen MR) is 42.2 cm³/mol. The highest BCUT2D eigenvalue weighted by Gasteiger charge is 2.18. The van der Waals surface area contributed by atoms with Gasteiger partial charge in [0.1, 0.15) is 0 Å². The van der Waals surface area contributed by atoms with E-state index in [1.807, 2.05) is 20.8 Å². The molecule has 0 aromatic carbocycles. The van der Waals surface area contributed by atoms with Gasteiger partial charge in [0.2, 0.25) is 0 Å². The normalized spacial score (nSPS) is 12.5. The van der Waals surface area contributed by atoms with Crippen LogP contribution in [0.15, 0.2) is 12.5 Å². The fourth-order valence-electron chi connectivity index (χ4n) is 0.831. The van der Waals surface area contributed by atoms with Crippen molar-refractivity contribution in [2.75, 3.05) is 0 Å². The monoisotopic (exact) mass is 174 g/mol. The van der Waals surface area contributed by atoms with Crippen molar-refractivity contribution in [2.24, 2.45) is 0 Å². The lowest BCUT2D eigenvalue weighted by atomic mass is 9.93. The summed E-state index contributed by atoms with van der Waals surface area (Å²) in [6.07, 6.45) is 2.54. The second-order valence-corrected chi connectivity index (χ2v) is 3.73. The molecule has 4 heteroatoms. The largest absolute Gasteiger partial charge is 0.319 e. The minimum absolute atomic E-state index is 0.167. The molecule has 0 N–H and O–H groups in total. The lowest BCUT2D eigenvalue weighted by molar-refractivity contribution is 0.0700. The number of alkyl halides is 2. The summed E-state index contributed by atoms with van der Waals surface area (Å²) in [4.78, 5) is 3.89. The summed E-state index contributed by atoms with van der Waals surface area (Å²) in [5.74, 6) is 0. The third kappa shape index (κ3) is 1.81. The van der Waals surface area contributed by atoms with Crippen LogP contribution in [0.25, 0.3) is 0 Å². The lowest BCUT2D eigenvalue weighted by Gasteiger charge is -2.13. The summed E-state index contributed by atoms with van der Waals surface area (Å²) in [7, 11) is 0. The first kappa shape index (κ1) is 9.16. The van der Waals surface area contributed by atoms with E-state index in [-0.39, 0.29) is 5.41 Å². The van der Waals surface area contributed by atoms with Gasteiger partial charge in [0.15, 0.2) is 0 Å². The molecule has 0 atom stereocenters. The average Bonchev–Trinajstić information content (AvgIpc) is 2.30. The van der Waals surface area contributed by atoms with E-state index in [1.165, 1.54) is 6.20 Å². The smallest absolute Gasteiger partial charge is 0.280 e. The number of aromatic nitrogens is 2. The van der Waals surface area contributed by atoms with Crippen LogP contribution >= 0.6 is 0 Å². The molecule has 1 aromatic rings. The van der Waals surface area contributed by atoms with Crippen LogP contribution < -0.4 is 0 Å². The molecule has 68 valence electrons. The molecule has 0 amide bonds. The predicted octanol–water partition coefficient (Wildman–Crippen LogP) is 2.58. The van der Waals surface area contributed by atoms with Crippen molar-refractivity contribution in [1.29, 1.82) is 0 Å². The Morgan fingerprint density at radius 1 is 1.42 bits per heavy atom. The molecule has 0 saturated heterocycles. The van der Waals surface area contributed by atoms with Crippen molar-refractivity contribution in [3.63, 3.8) is 0 Å². The standard InChI is InChI=1S/C8H12F2N2/c1-8(2,3)6-4-12(5-11-6)7(9)10/h4-5,7H,1-3H3. The Labute approximate surface area is 70.2 Å². The van der Waals surface area contributed by atoms with Crippen LogP contribution in [0, 0.1) is 0 Å². The van der Waals surface area contributed by atoms with Gasteiger partial charge in [-0.3, -0.25) is 4.57 Å². The minimum atomic E-state index is -2.49. The van der Waals surface area contributed by atoms with Gasteiger partial charge in [-0.1, -0.05) is 20.8 Å². The molecule has 0 bridgehead atoms. The molecule has 0 radical (unpaired) electrons. The second-order valence-electron chi connectivity index (χ2n) is 3.73. The molecule has 0 unspecified atom stereocenters. The quantitative estimate of drug-likeness (QED) is 0.639. The van der Waals surface area contributed by atoms with Gasteiger partial charge in [0.25, 0.3) is 0 Å². The molecular formula is C8H12F2N2. The zero-order valence-electron chi connectivity index (χ0n) is 7.38. The van der Waals surface area contributed by atoms with E-state index < -0.39 is 6.55 Å². The first-order valence-electron chi connectivity index (χ1n) is 3.73. The minimum Gasteiger partial charge on any atom is -0.280 e. The number of hydrogen-bond acceptors (Lipinski definition) is 1. The van der Waals surface area contributed by atoms with Gasteiger partial charge < -0.3 is 0 Å². The van der Waals surface area contributed by atoms with Gasteiger partial charge >= 0.3 is 6.55 Å². The maximum atomic E-state index is 12.1. The highest BCUT2D eigenvalue weighted by Crippen LogP contribution is 2.21. The molecule has 0 aliphatic heterocycles. The highest BCUT2D eigenvalue weighted by molar-refractivity contribution is 5.08. The third-order valence-electron chi connectivity index (χ3n) is 1.60. The first-order chi connectivity index (χ1) is 5.41. The maximum absolute atomic E-state index is 12.1. The Morgan fingerprint density at radius 2 is 2.00 bits per heavy atom. The van der Waals surface area contributed by atoms with E-state index in [0.29, 0.717) is 5.69 Å². The summed E-state index contributed by atoms with van der Waals surface area (Å²) < 4.78 is 25.0. The van der Waals surface area contributed by atoms with Gasteiger partial charge in [0, 0.05) is 11.6 Å². The molecule has 0 saturated carbocycles. The van der Waals surface area contributed by atoms with Crippen LogP contribution in [0.1, 0.15) is 33.0 Å². The van der Waals surface area contributed by atoms with E-state index in [0.717, 1.165) is 10.9 Å². The van der Waals surface area contributed by atoms with Crippen LogP contribution in [0.2, 0.25) is 0 Å². The summed E-state index contributed by atoms with van der Waals surface area (Å²) in [6, 6.07) is 0. The van der Waals surface area contributed by atoms with Crippen molar-refractivity contribution in [1.82, 2.24) is 9.55 Å². The van der Waals surface area contributed by atoms with E-state index >= 15 is 0 Å². The Bertz CT molecular complexity index is 260. The fourth-order valence-corrected chi connectivity index (χ4v) is 0.831. The van der Waals surface area contributed by atoms with Crippen molar-refractivity contribution in [3.8, 4) is 0 Å². The topological polar surface area (TPSA) is 17.8 Å². The number of halogens is 2. The second kappa shape index (κ2) is 2.84. The summed E-state index contributed by atoms with van der Waals surface area (Å²) in [5, 5.41) is 0. The van der Waals surface area contributed by atoms with Crippen LogP contribution in [0.4, 0.5) is 8.78 Å². The molecule has 2 nitrogen and oxygen atoms in total. The van der Waals surface area contributed by atoms with Gasteiger partial charge in [-0.15, -0.1) is 0 Å². The zero-order chi connectivity index (χ0) is 9.35. The lowest BCUT2D eigenvalue weighted by Crippen LogP contribution is -2.11. The molecule has 0 spiro atoms. The first-order valence-corrected chi connectivity index (χ1v) is 3.73. The van der Waals surface area contributed by atoms with E-state index in [9.17, 15) is 8.78 Å². The number of nitrogens with zero attached hydrogens (tertiary/aromatic N) is 2. The molecule has 1 aromatic heterocycles. The van der Waals surface area contributed by atoms with Crippen molar-refractivity contribution < 1.29 is 8.78 Å². The fraction of sp³-hybridized carbons (Fsp3) is 0.625. The van der Waals surface area contributed by atoms with E-state index in [4.69, 9.17) is 0 Å². The molecule has 1 heterocycles. The Balaban J connectivity index is 2.92. The van der Waals surface area contributed by atoms with Crippen molar-refractivity contribution in [2.45, 2.75) is 32.7 Å². The van der Waals surface area contributed by atoms with Crippen LogP contribution in [-0.2, 0) is 5.41 Å². The highest BCUT2D eigenvalue weighted by atomic mass is 19.3. The molecule has 0 fully saturated rings. The maximum Gasteiger partial charge on any atom is 0.319 e. The van der Waals surface area contributed by atoms with Gasteiger partial charge in [-0.2, -0.15) is 8.78 Å². The van der Waals surface area contributed by atoms with Gasteiger partial charge in [-0.25, -0.2) is 4.98 Å². The Hall–Kier alpha value is -0.930.